The molecule has 2 aromatic heterocycles. The predicted molar refractivity (Wildman–Crippen MR) is 80.9 cm³/mol. The average molecular weight is 279 g/mol. The van der Waals surface area contributed by atoms with Crippen LogP contribution in [0.4, 0.5) is 5.82 Å². The van der Waals surface area contributed by atoms with Crippen molar-refractivity contribution >= 4 is 27.4 Å². The topological polar surface area (TPSA) is 58.0 Å². The van der Waals surface area contributed by atoms with Crippen molar-refractivity contribution in [2.45, 2.75) is 39.5 Å². The molecule has 0 bridgehead atoms. The largest absolute Gasteiger partial charge is 0.396 e. The van der Waals surface area contributed by atoms with Gasteiger partial charge in [-0.2, -0.15) is 0 Å². The minimum absolute atomic E-state index is 0.299. The summed E-state index contributed by atoms with van der Waals surface area (Å²) < 4.78 is 0. The molecule has 0 unspecified atom stereocenters. The number of hydrogen-bond donors (Lipinski definition) is 2. The fourth-order valence-electron chi connectivity index (χ4n) is 2.11. The Kier molecular flexibility index (Phi) is 5.10. The molecule has 0 spiro atoms. The number of nitrogens with one attached hydrogen (secondary N) is 1. The van der Waals surface area contributed by atoms with Crippen LogP contribution in [0, 0.1) is 13.8 Å². The normalized spacial score (nSPS) is 11.1. The summed E-state index contributed by atoms with van der Waals surface area (Å²) in [4.78, 5) is 11.1. The second-order valence-electron chi connectivity index (χ2n) is 4.75. The van der Waals surface area contributed by atoms with Gasteiger partial charge < -0.3 is 10.4 Å². The smallest absolute Gasteiger partial charge is 0.138 e. The molecule has 104 valence electrons. The number of aliphatic hydroxyl groups excluding tert-OH is 1. The van der Waals surface area contributed by atoms with E-state index in [1.807, 2.05) is 0 Å². The Bertz CT molecular complexity index is 539. The van der Waals surface area contributed by atoms with Crippen molar-refractivity contribution in [3.63, 3.8) is 0 Å². The van der Waals surface area contributed by atoms with Gasteiger partial charge in [0.15, 0.2) is 0 Å². The molecule has 0 fully saturated rings. The number of aliphatic hydroxyl groups is 1. The first-order chi connectivity index (χ1) is 9.24. The quantitative estimate of drug-likeness (QED) is 0.764. The molecule has 2 N–H and O–H groups in total. The lowest BCUT2D eigenvalue weighted by molar-refractivity contribution is 0.283. The Morgan fingerprint density at radius 3 is 2.74 bits per heavy atom. The highest BCUT2D eigenvalue weighted by molar-refractivity contribution is 7.18. The summed E-state index contributed by atoms with van der Waals surface area (Å²) in [5.74, 6) is 0.953. The van der Waals surface area contributed by atoms with E-state index in [4.69, 9.17) is 5.11 Å². The van der Waals surface area contributed by atoms with Crippen LogP contribution < -0.4 is 5.32 Å². The van der Waals surface area contributed by atoms with Crippen LogP contribution in [0.15, 0.2) is 6.33 Å². The summed E-state index contributed by atoms with van der Waals surface area (Å²) in [5.41, 5.74) is 1.28. The zero-order chi connectivity index (χ0) is 13.7. The molecule has 0 saturated heterocycles. The number of unbranched alkanes of at least 4 members (excludes halogenated alkanes) is 3. The lowest BCUT2D eigenvalue weighted by Gasteiger charge is -2.07. The van der Waals surface area contributed by atoms with E-state index in [1.165, 1.54) is 15.8 Å². The number of aromatic nitrogens is 2. The van der Waals surface area contributed by atoms with E-state index in [2.05, 4.69) is 29.1 Å². The Labute approximate surface area is 117 Å². The molecule has 2 heterocycles. The van der Waals surface area contributed by atoms with E-state index in [9.17, 15) is 0 Å². The first kappa shape index (κ1) is 14.2. The van der Waals surface area contributed by atoms with E-state index in [0.717, 1.165) is 42.9 Å². The van der Waals surface area contributed by atoms with Gasteiger partial charge in [-0.3, -0.25) is 0 Å². The van der Waals surface area contributed by atoms with Gasteiger partial charge in [0.25, 0.3) is 0 Å². The van der Waals surface area contributed by atoms with Crippen molar-refractivity contribution in [3.8, 4) is 0 Å². The Balaban J connectivity index is 1.97. The molecular weight excluding hydrogens is 258 g/mol. The maximum Gasteiger partial charge on any atom is 0.138 e. The molecule has 0 atom stereocenters. The molecule has 19 heavy (non-hydrogen) atoms. The van der Waals surface area contributed by atoms with Crippen molar-refractivity contribution in [1.29, 1.82) is 0 Å². The van der Waals surface area contributed by atoms with Gasteiger partial charge in [0.05, 0.1) is 5.39 Å². The van der Waals surface area contributed by atoms with Crippen LogP contribution in [-0.4, -0.2) is 28.2 Å². The first-order valence-electron chi connectivity index (χ1n) is 6.79. The monoisotopic (exact) mass is 279 g/mol. The van der Waals surface area contributed by atoms with Crippen LogP contribution >= 0.6 is 11.3 Å². The number of nitrogens with zero attached hydrogens (tertiary/aromatic N) is 2. The number of thiophene rings is 1. The molecule has 0 aromatic carbocycles. The van der Waals surface area contributed by atoms with Gasteiger partial charge in [-0.15, -0.1) is 11.3 Å². The third kappa shape index (κ3) is 3.42. The number of fused-ring (bicyclic) bond motifs is 1. The Morgan fingerprint density at radius 2 is 1.95 bits per heavy atom. The van der Waals surface area contributed by atoms with Crippen LogP contribution in [0.5, 0.6) is 0 Å². The SMILES string of the molecule is Cc1sc2ncnc(NCCCCCCO)c2c1C. The van der Waals surface area contributed by atoms with E-state index < -0.39 is 0 Å². The van der Waals surface area contributed by atoms with Gasteiger partial charge in [0.1, 0.15) is 17.0 Å². The third-order valence-corrected chi connectivity index (χ3v) is 4.46. The molecule has 0 aliphatic rings. The highest BCUT2D eigenvalue weighted by Gasteiger charge is 2.11. The minimum atomic E-state index is 0.299. The highest BCUT2D eigenvalue weighted by atomic mass is 32.1. The lowest BCUT2D eigenvalue weighted by atomic mass is 10.2. The summed E-state index contributed by atoms with van der Waals surface area (Å²) in [6, 6.07) is 0. The predicted octanol–water partition coefficient (Wildman–Crippen LogP) is 3.27. The van der Waals surface area contributed by atoms with Crippen LogP contribution in [0.2, 0.25) is 0 Å². The fourth-order valence-corrected chi connectivity index (χ4v) is 3.11. The molecule has 0 aliphatic carbocycles. The zero-order valence-electron chi connectivity index (χ0n) is 11.6. The van der Waals surface area contributed by atoms with E-state index >= 15 is 0 Å². The number of hydrogen-bond acceptors (Lipinski definition) is 5. The number of rotatable bonds is 7. The molecule has 4 nitrogen and oxygen atoms in total. The molecule has 0 radical (unpaired) electrons. The van der Waals surface area contributed by atoms with Crippen LogP contribution in [0.1, 0.15) is 36.1 Å². The van der Waals surface area contributed by atoms with Crippen LogP contribution in [0.3, 0.4) is 0 Å². The minimum Gasteiger partial charge on any atom is -0.396 e. The van der Waals surface area contributed by atoms with Crippen molar-refractivity contribution < 1.29 is 5.11 Å². The maximum absolute atomic E-state index is 8.72. The Hall–Kier alpha value is -1.20. The summed E-state index contributed by atoms with van der Waals surface area (Å²) in [5, 5.41) is 13.3. The van der Waals surface area contributed by atoms with Crippen LogP contribution in [0.25, 0.3) is 10.2 Å². The van der Waals surface area contributed by atoms with Crippen LogP contribution in [-0.2, 0) is 0 Å². The zero-order valence-corrected chi connectivity index (χ0v) is 12.4. The van der Waals surface area contributed by atoms with Crippen molar-refractivity contribution in [3.05, 3.63) is 16.8 Å². The molecule has 0 aliphatic heterocycles. The van der Waals surface area contributed by atoms with E-state index in [-0.39, 0.29) is 0 Å². The summed E-state index contributed by atoms with van der Waals surface area (Å²) in [6.45, 7) is 5.48. The highest BCUT2D eigenvalue weighted by Crippen LogP contribution is 2.32. The average Bonchev–Trinajstić information content (AvgIpc) is 2.70. The van der Waals surface area contributed by atoms with E-state index in [0.29, 0.717) is 6.61 Å². The van der Waals surface area contributed by atoms with Crippen molar-refractivity contribution in [1.82, 2.24) is 9.97 Å². The summed E-state index contributed by atoms with van der Waals surface area (Å²) in [7, 11) is 0. The lowest BCUT2D eigenvalue weighted by Crippen LogP contribution is -2.04. The second kappa shape index (κ2) is 6.82. The van der Waals surface area contributed by atoms with Gasteiger partial charge in [-0.05, 0) is 32.3 Å². The molecule has 0 saturated carbocycles. The number of aryl methyl sites for hydroxylation is 2. The standard InChI is InChI=1S/C14H21N3OS/c1-10-11(2)19-14-12(10)13(16-9-17-14)15-7-5-3-4-6-8-18/h9,18H,3-8H2,1-2H3,(H,15,16,17). The third-order valence-electron chi connectivity index (χ3n) is 3.34. The van der Waals surface area contributed by atoms with Crippen molar-refractivity contribution in [2.75, 3.05) is 18.5 Å². The van der Waals surface area contributed by atoms with Gasteiger partial charge >= 0.3 is 0 Å². The number of anilines is 1. The maximum atomic E-state index is 8.72. The summed E-state index contributed by atoms with van der Waals surface area (Å²) in [6.07, 6.45) is 5.87. The molecule has 5 heteroatoms. The molecule has 2 aromatic rings. The molecule has 0 amide bonds. The van der Waals surface area contributed by atoms with Crippen molar-refractivity contribution in [2.24, 2.45) is 0 Å². The van der Waals surface area contributed by atoms with E-state index in [1.54, 1.807) is 17.7 Å². The van der Waals surface area contributed by atoms with Gasteiger partial charge in [-0.1, -0.05) is 12.8 Å². The van der Waals surface area contributed by atoms with Gasteiger partial charge in [0, 0.05) is 18.0 Å². The molecular formula is C14H21N3OS. The van der Waals surface area contributed by atoms with Gasteiger partial charge in [-0.25, -0.2) is 9.97 Å². The molecule has 2 rings (SSSR count). The summed E-state index contributed by atoms with van der Waals surface area (Å²) >= 11 is 1.72. The second-order valence-corrected chi connectivity index (χ2v) is 5.95. The fraction of sp³-hybridized carbons (Fsp3) is 0.571. The van der Waals surface area contributed by atoms with Gasteiger partial charge in [0.2, 0.25) is 0 Å². The first-order valence-corrected chi connectivity index (χ1v) is 7.61. The Morgan fingerprint density at radius 1 is 1.16 bits per heavy atom.